The molecule has 0 bridgehead atoms. The molecule has 1 fully saturated rings. The van der Waals surface area contributed by atoms with Gasteiger partial charge in [-0.3, -0.25) is 10.1 Å². The van der Waals surface area contributed by atoms with E-state index in [9.17, 15) is 4.79 Å². The number of primary amides is 1. The second-order valence-corrected chi connectivity index (χ2v) is 6.05. The molecule has 1 saturated carbocycles. The summed E-state index contributed by atoms with van der Waals surface area (Å²) in [6.07, 6.45) is 6.59. The standard InChI is InChI=1S/C16H23ClN2O/c1-2-16(15(18)20,12-8-10-13(17)11-9-12)19-14-6-4-3-5-7-14/h8-11,14,19H,2-7H2,1H3,(H2,18,20). The number of hydrogen-bond acceptors (Lipinski definition) is 2. The molecule has 4 heteroatoms. The maximum atomic E-state index is 12.1. The van der Waals surface area contributed by atoms with E-state index in [-0.39, 0.29) is 5.91 Å². The molecule has 3 N–H and O–H groups in total. The number of carbonyl (C=O) groups excluding carboxylic acids is 1. The number of nitrogens with one attached hydrogen (secondary N) is 1. The highest BCUT2D eigenvalue weighted by atomic mass is 35.5. The Morgan fingerprint density at radius 3 is 2.40 bits per heavy atom. The fourth-order valence-electron chi connectivity index (χ4n) is 3.11. The lowest BCUT2D eigenvalue weighted by Crippen LogP contribution is -2.56. The van der Waals surface area contributed by atoms with Gasteiger partial charge in [0.2, 0.25) is 5.91 Å². The third-order valence-corrected chi connectivity index (χ3v) is 4.60. The monoisotopic (exact) mass is 294 g/mol. The van der Waals surface area contributed by atoms with Crippen molar-refractivity contribution in [3.8, 4) is 0 Å². The van der Waals surface area contributed by atoms with E-state index in [4.69, 9.17) is 17.3 Å². The molecule has 1 aromatic rings. The quantitative estimate of drug-likeness (QED) is 0.875. The van der Waals surface area contributed by atoms with Crippen LogP contribution >= 0.6 is 11.6 Å². The smallest absolute Gasteiger partial charge is 0.242 e. The molecule has 1 unspecified atom stereocenters. The number of benzene rings is 1. The Kier molecular flexibility index (Phi) is 5.06. The van der Waals surface area contributed by atoms with Gasteiger partial charge in [0.05, 0.1) is 0 Å². The molecule has 1 aliphatic rings. The number of carbonyl (C=O) groups is 1. The van der Waals surface area contributed by atoms with Crippen LogP contribution in [0.2, 0.25) is 5.02 Å². The molecule has 20 heavy (non-hydrogen) atoms. The molecule has 1 aliphatic carbocycles. The van der Waals surface area contributed by atoms with Gasteiger partial charge in [0, 0.05) is 11.1 Å². The van der Waals surface area contributed by atoms with Crippen LogP contribution in [0.25, 0.3) is 0 Å². The first kappa shape index (κ1) is 15.3. The highest BCUT2D eigenvalue weighted by Crippen LogP contribution is 2.29. The van der Waals surface area contributed by atoms with Crippen LogP contribution in [0.5, 0.6) is 0 Å². The lowest BCUT2D eigenvalue weighted by Gasteiger charge is -2.37. The van der Waals surface area contributed by atoms with Gasteiger partial charge in [0.25, 0.3) is 0 Å². The Balaban J connectivity index is 2.28. The van der Waals surface area contributed by atoms with Crippen molar-refractivity contribution in [3.05, 3.63) is 34.9 Å². The molecule has 2 rings (SSSR count). The first-order chi connectivity index (χ1) is 9.58. The zero-order chi connectivity index (χ0) is 14.6. The molecule has 1 atom stereocenters. The number of rotatable bonds is 5. The van der Waals surface area contributed by atoms with E-state index in [1.54, 1.807) is 0 Å². The second-order valence-electron chi connectivity index (χ2n) is 5.61. The maximum Gasteiger partial charge on any atom is 0.242 e. The van der Waals surface area contributed by atoms with Gasteiger partial charge >= 0.3 is 0 Å². The van der Waals surface area contributed by atoms with Gasteiger partial charge < -0.3 is 5.73 Å². The summed E-state index contributed by atoms with van der Waals surface area (Å²) in [6.45, 7) is 2.00. The minimum absolute atomic E-state index is 0.312. The maximum absolute atomic E-state index is 12.1. The van der Waals surface area contributed by atoms with Gasteiger partial charge in [0.1, 0.15) is 5.54 Å². The highest BCUT2D eigenvalue weighted by Gasteiger charge is 2.38. The van der Waals surface area contributed by atoms with Crippen molar-refractivity contribution in [3.63, 3.8) is 0 Å². The summed E-state index contributed by atoms with van der Waals surface area (Å²) < 4.78 is 0. The van der Waals surface area contributed by atoms with E-state index in [1.807, 2.05) is 31.2 Å². The third-order valence-electron chi connectivity index (χ3n) is 4.34. The topological polar surface area (TPSA) is 55.1 Å². The van der Waals surface area contributed by atoms with Crippen molar-refractivity contribution >= 4 is 17.5 Å². The van der Waals surface area contributed by atoms with Crippen LogP contribution in [0.4, 0.5) is 0 Å². The van der Waals surface area contributed by atoms with Gasteiger partial charge in [-0.1, -0.05) is 49.9 Å². The van der Waals surface area contributed by atoms with Gasteiger partial charge in [-0.25, -0.2) is 0 Å². The SMILES string of the molecule is CCC(NC1CCCCC1)(C(N)=O)c1ccc(Cl)cc1. The molecule has 0 radical (unpaired) electrons. The number of halogens is 1. The van der Waals surface area contributed by atoms with Crippen LogP contribution in [0.3, 0.4) is 0 Å². The van der Waals surface area contributed by atoms with Crippen molar-refractivity contribution < 1.29 is 4.79 Å². The van der Waals surface area contributed by atoms with Gasteiger partial charge in [-0.15, -0.1) is 0 Å². The Morgan fingerprint density at radius 1 is 1.30 bits per heavy atom. The first-order valence-electron chi connectivity index (χ1n) is 7.42. The van der Waals surface area contributed by atoms with E-state index in [0.29, 0.717) is 17.5 Å². The van der Waals surface area contributed by atoms with Crippen molar-refractivity contribution in [1.82, 2.24) is 5.32 Å². The Bertz CT molecular complexity index is 454. The summed E-state index contributed by atoms with van der Waals surface area (Å²) >= 11 is 5.94. The lowest BCUT2D eigenvalue weighted by molar-refractivity contribution is -0.125. The van der Waals surface area contributed by atoms with Crippen LogP contribution in [0.1, 0.15) is 51.0 Å². The Labute approximate surface area is 125 Å². The zero-order valence-corrected chi connectivity index (χ0v) is 12.7. The molecular formula is C16H23ClN2O. The van der Waals surface area contributed by atoms with Crippen molar-refractivity contribution in [2.75, 3.05) is 0 Å². The molecule has 0 saturated heterocycles. The fourth-order valence-corrected chi connectivity index (χ4v) is 3.23. The van der Waals surface area contributed by atoms with Crippen LogP contribution in [0.15, 0.2) is 24.3 Å². The number of hydrogen-bond donors (Lipinski definition) is 2. The van der Waals surface area contributed by atoms with Crippen LogP contribution in [-0.2, 0) is 10.3 Å². The molecule has 0 aromatic heterocycles. The highest BCUT2D eigenvalue weighted by molar-refractivity contribution is 6.30. The molecule has 1 aromatic carbocycles. The summed E-state index contributed by atoms with van der Waals surface area (Å²) in [7, 11) is 0. The summed E-state index contributed by atoms with van der Waals surface area (Å²) in [4.78, 5) is 12.1. The molecule has 1 amide bonds. The van der Waals surface area contributed by atoms with Gasteiger partial charge in [-0.2, -0.15) is 0 Å². The van der Waals surface area contributed by atoms with E-state index in [0.717, 1.165) is 18.4 Å². The summed E-state index contributed by atoms with van der Waals surface area (Å²) in [6, 6.07) is 7.78. The first-order valence-corrected chi connectivity index (χ1v) is 7.80. The molecular weight excluding hydrogens is 272 g/mol. The van der Waals surface area contributed by atoms with E-state index < -0.39 is 5.54 Å². The normalized spacial score (nSPS) is 19.5. The van der Waals surface area contributed by atoms with E-state index >= 15 is 0 Å². The van der Waals surface area contributed by atoms with Crippen LogP contribution in [-0.4, -0.2) is 11.9 Å². The molecule has 0 aliphatic heterocycles. The fraction of sp³-hybridized carbons (Fsp3) is 0.562. The second kappa shape index (κ2) is 6.59. The molecule has 0 spiro atoms. The van der Waals surface area contributed by atoms with Crippen LogP contribution in [0, 0.1) is 0 Å². The van der Waals surface area contributed by atoms with Crippen molar-refractivity contribution in [2.24, 2.45) is 5.73 Å². The average Bonchev–Trinajstić information content (AvgIpc) is 2.46. The van der Waals surface area contributed by atoms with Crippen molar-refractivity contribution in [2.45, 2.75) is 57.0 Å². The largest absolute Gasteiger partial charge is 0.368 e. The molecule has 0 heterocycles. The molecule has 3 nitrogen and oxygen atoms in total. The van der Waals surface area contributed by atoms with E-state index in [1.165, 1.54) is 19.3 Å². The molecule has 110 valence electrons. The zero-order valence-electron chi connectivity index (χ0n) is 12.0. The van der Waals surface area contributed by atoms with E-state index in [2.05, 4.69) is 5.32 Å². The predicted molar refractivity (Wildman–Crippen MR) is 82.6 cm³/mol. The summed E-state index contributed by atoms with van der Waals surface area (Å²) in [5.74, 6) is -0.312. The van der Waals surface area contributed by atoms with Gasteiger partial charge in [-0.05, 0) is 37.0 Å². The van der Waals surface area contributed by atoms with Crippen molar-refractivity contribution in [1.29, 1.82) is 0 Å². The summed E-state index contributed by atoms with van der Waals surface area (Å²) in [5, 5.41) is 4.20. The minimum Gasteiger partial charge on any atom is -0.368 e. The Morgan fingerprint density at radius 2 is 1.90 bits per heavy atom. The average molecular weight is 295 g/mol. The minimum atomic E-state index is -0.785. The van der Waals surface area contributed by atoms with Gasteiger partial charge in [0.15, 0.2) is 0 Å². The predicted octanol–water partition coefficient (Wildman–Crippen LogP) is 3.35. The number of nitrogens with two attached hydrogens (primary N) is 1. The van der Waals surface area contributed by atoms with Crippen LogP contribution < -0.4 is 11.1 Å². The number of amides is 1. The lowest BCUT2D eigenvalue weighted by atomic mass is 9.83. The third kappa shape index (κ3) is 3.15. The Hall–Kier alpha value is -1.06. The summed E-state index contributed by atoms with van der Waals surface area (Å²) in [5.41, 5.74) is 5.85.